The molecular weight excluding hydrogens is 470 g/mol. The first kappa shape index (κ1) is 24.3. The molecule has 1 amide bonds. The van der Waals surface area contributed by atoms with Crippen LogP contribution in [0.15, 0.2) is 48.7 Å². The number of anilines is 2. The van der Waals surface area contributed by atoms with Crippen molar-refractivity contribution in [2.24, 2.45) is 0 Å². The lowest BCUT2D eigenvalue weighted by Crippen LogP contribution is -2.29. The van der Waals surface area contributed by atoms with Crippen molar-refractivity contribution in [2.45, 2.75) is 64.6 Å². The number of rotatable bonds is 6. The first-order valence-corrected chi connectivity index (χ1v) is 12.9. The molecule has 3 aromatic rings. The number of aromatic nitrogens is 2. The van der Waals surface area contributed by atoms with E-state index in [1.54, 1.807) is 7.11 Å². The van der Waals surface area contributed by atoms with Crippen LogP contribution in [0.3, 0.4) is 0 Å². The average molecular weight is 504 g/mol. The maximum absolute atomic E-state index is 11.9. The van der Waals surface area contributed by atoms with E-state index in [4.69, 9.17) is 17.0 Å². The molecule has 8 heteroatoms. The fourth-order valence-electron chi connectivity index (χ4n) is 5.91. The van der Waals surface area contributed by atoms with E-state index in [0.717, 1.165) is 11.4 Å². The second-order valence-electron chi connectivity index (χ2n) is 9.70. The number of methoxy groups -OCH3 is 1. The lowest BCUT2D eigenvalue weighted by molar-refractivity contribution is -0.114. The number of aryl methyl sites for hydroxylation is 1. The van der Waals surface area contributed by atoms with Gasteiger partial charge in [0, 0.05) is 36.2 Å². The van der Waals surface area contributed by atoms with E-state index in [1.807, 2.05) is 42.6 Å². The van der Waals surface area contributed by atoms with E-state index < -0.39 is 0 Å². The number of nitrogens with one attached hydrogen (secondary N) is 2. The van der Waals surface area contributed by atoms with Crippen LogP contribution in [0, 0.1) is 13.8 Å². The fraction of sp³-hybridized carbons (Fsp3) is 0.393. The third-order valence-corrected chi connectivity index (χ3v) is 7.72. The molecule has 5 rings (SSSR count). The molecule has 7 nitrogen and oxygen atoms in total. The van der Waals surface area contributed by atoms with Crippen LogP contribution >= 0.6 is 12.2 Å². The Bertz CT molecular complexity index is 1280. The number of hydrogen-bond donors (Lipinski definition) is 2. The van der Waals surface area contributed by atoms with Gasteiger partial charge < -0.3 is 24.8 Å². The summed E-state index contributed by atoms with van der Waals surface area (Å²) < 4.78 is 8.01. The Morgan fingerprint density at radius 3 is 2.61 bits per heavy atom. The number of pyridine rings is 1. The average Bonchev–Trinajstić information content (AvgIpc) is 3.57. The summed E-state index contributed by atoms with van der Waals surface area (Å²) in [6.07, 6.45) is 6.84. The zero-order chi connectivity index (χ0) is 25.4. The molecule has 2 aromatic heterocycles. The number of carbonyl (C=O) groups excluding carboxylic acids is 1. The largest absolute Gasteiger partial charge is 0.495 e. The van der Waals surface area contributed by atoms with Gasteiger partial charge in [0.25, 0.3) is 0 Å². The lowest BCUT2D eigenvalue weighted by atomic mass is 9.96. The Morgan fingerprint density at radius 2 is 1.94 bits per heavy atom. The molecule has 36 heavy (non-hydrogen) atoms. The number of hydrogen-bond acceptors (Lipinski definition) is 4. The van der Waals surface area contributed by atoms with E-state index in [0.29, 0.717) is 22.6 Å². The summed E-state index contributed by atoms with van der Waals surface area (Å²) in [5.41, 5.74) is 6.22. The van der Waals surface area contributed by atoms with E-state index in [1.165, 1.54) is 49.6 Å². The van der Waals surface area contributed by atoms with Gasteiger partial charge in [-0.2, -0.15) is 0 Å². The van der Waals surface area contributed by atoms with Crippen molar-refractivity contribution in [3.05, 3.63) is 71.3 Å². The predicted octanol–water partition coefficient (Wildman–Crippen LogP) is 5.76. The predicted molar refractivity (Wildman–Crippen MR) is 147 cm³/mol. The molecule has 2 aliphatic rings. The Labute approximate surface area is 217 Å². The summed E-state index contributed by atoms with van der Waals surface area (Å²) in [5.74, 6) is 0.444. The van der Waals surface area contributed by atoms with Gasteiger partial charge in [-0.15, -0.1) is 0 Å². The van der Waals surface area contributed by atoms with Crippen molar-refractivity contribution in [3.63, 3.8) is 0 Å². The van der Waals surface area contributed by atoms with E-state index in [-0.39, 0.29) is 18.0 Å². The van der Waals surface area contributed by atoms with Crippen LogP contribution in [0.5, 0.6) is 5.75 Å². The van der Waals surface area contributed by atoms with Crippen molar-refractivity contribution in [1.82, 2.24) is 14.9 Å². The first-order chi connectivity index (χ1) is 17.4. The Kier molecular flexibility index (Phi) is 6.71. The Hall–Kier alpha value is -3.39. The van der Waals surface area contributed by atoms with Crippen molar-refractivity contribution in [1.29, 1.82) is 0 Å². The van der Waals surface area contributed by atoms with Crippen molar-refractivity contribution in [3.8, 4) is 5.75 Å². The van der Waals surface area contributed by atoms with Crippen LogP contribution in [0.4, 0.5) is 11.4 Å². The Morgan fingerprint density at radius 1 is 1.17 bits per heavy atom. The quantitative estimate of drug-likeness (QED) is 0.417. The summed E-state index contributed by atoms with van der Waals surface area (Å²) in [6.45, 7) is 5.93. The number of nitrogens with zero attached hydrogens (tertiary/aromatic N) is 3. The minimum Gasteiger partial charge on any atom is -0.495 e. The smallest absolute Gasteiger partial charge is 0.221 e. The highest BCUT2D eigenvalue weighted by Crippen LogP contribution is 2.45. The monoisotopic (exact) mass is 503 g/mol. The molecule has 0 spiro atoms. The standard InChI is InChI=1S/C28H33N5O2S/c1-17-15-22(18(2)32(17)20-9-5-6-10-20)27-26(23-11-7-8-14-29-23)31-28(36)33(27)21-12-13-25(35-4)24(16-21)30-19(3)34/h7-8,11-16,20,26-27H,5-6,9-10H2,1-4H3,(H,30,34)(H,31,36)/t26-,27-/m0/s1. The van der Waals surface area contributed by atoms with Crippen molar-refractivity contribution < 1.29 is 9.53 Å². The summed E-state index contributed by atoms with van der Waals surface area (Å²) in [4.78, 5) is 18.7. The van der Waals surface area contributed by atoms with Crippen LogP contribution < -0.4 is 20.3 Å². The highest BCUT2D eigenvalue weighted by Gasteiger charge is 2.42. The molecule has 2 fully saturated rings. The molecule has 1 aliphatic carbocycles. The summed E-state index contributed by atoms with van der Waals surface area (Å²) >= 11 is 5.92. The van der Waals surface area contributed by atoms with Crippen LogP contribution in [0.25, 0.3) is 0 Å². The minimum absolute atomic E-state index is 0.104. The van der Waals surface area contributed by atoms with Gasteiger partial charge in [-0.25, -0.2) is 0 Å². The van der Waals surface area contributed by atoms with E-state index in [9.17, 15) is 4.79 Å². The number of amides is 1. The molecule has 1 aromatic carbocycles. The zero-order valence-corrected chi connectivity index (χ0v) is 22.1. The summed E-state index contributed by atoms with van der Waals surface area (Å²) in [6, 6.07) is 14.4. The topological polar surface area (TPSA) is 71.4 Å². The summed E-state index contributed by atoms with van der Waals surface area (Å²) in [7, 11) is 1.60. The second kappa shape index (κ2) is 9.93. The number of carbonyl (C=O) groups is 1. The van der Waals surface area contributed by atoms with Gasteiger partial charge in [0.15, 0.2) is 5.11 Å². The van der Waals surface area contributed by atoms with Crippen LogP contribution in [0.1, 0.15) is 73.4 Å². The van der Waals surface area contributed by atoms with Gasteiger partial charge in [0.1, 0.15) is 5.75 Å². The van der Waals surface area contributed by atoms with Gasteiger partial charge in [-0.3, -0.25) is 9.78 Å². The van der Waals surface area contributed by atoms with E-state index in [2.05, 4.69) is 45.0 Å². The minimum atomic E-state index is -0.157. The van der Waals surface area contributed by atoms with Crippen molar-refractivity contribution >= 4 is 34.6 Å². The molecule has 1 saturated heterocycles. The highest BCUT2D eigenvalue weighted by atomic mass is 32.1. The SMILES string of the molecule is COc1ccc(N2C(=S)N[C@@H](c3ccccn3)[C@@H]2c2cc(C)n(C3CCCC3)c2C)cc1NC(C)=O. The number of thiocarbonyl (C=S) groups is 1. The van der Waals surface area contributed by atoms with Gasteiger partial charge in [0.05, 0.1) is 30.6 Å². The lowest BCUT2D eigenvalue weighted by Gasteiger charge is -2.29. The summed E-state index contributed by atoms with van der Waals surface area (Å²) in [5, 5.41) is 7.07. The zero-order valence-electron chi connectivity index (χ0n) is 21.2. The highest BCUT2D eigenvalue weighted by molar-refractivity contribution is 7.80. The molecule has 1 saturated carbocycles. The van der Waals surface area contributed by atoms with Gasteiger partial charge >= 0.3 is 0 Å². The molecule has 0 bridgehead atoms. The Balaban J connectivity index is 1.64. The fourth-order valence-corrected chi connectivity index (χ4v) is 6.25. The van der Waals surface area contributed by atoms with Crippen molar-refractivity contribution in [2.75, 3.05) is 17.3 Å². The van der Waals surface area contributed by atoms with Gasteiger partial charge in [-0.05, 0) is 80.9 Å². The van der Waals surface area contributed by atoms with Crippen LogP contribution in [0.2, 0.25) is 0 Å². The van der Waals surface area contributed by atoms with Gasteiger partial charge in [0.2, 0.25) is 5.91 Å². The molecule has 1 aliphatic heterocycles. The molecule has 188 valence electrons. The molecule has 2 N–H and O–H groups in total. The second-order valence-corrected chi connectivity index (χ2v) is 10.1. The third-order valence-electron chi connectivity index (χ3n) is 7.40. The molecule has 0 unspecified atom stereocenters. The maximum Gasteiger partial charge on any atom is 0.221 e. The third kappa shape index (κ3) is 4.34. The molecule has 0 radical (unpaired) electrons. The number of ether oxygens (including phenoxy) is 1. The molecule has 3 heterocycles. The van der Waals surface area contributed by atoms with E-state index >= 15 is 0 Å². The molecule has 2 atom stereocenters. The number of benzene rings is 1. The van der Waals surface area contributed by atoms with Crippen LogP contribution in [-0.2, 0) is 4.79 Å². The normalized spacial score (nSPS) is 20.0. The first-order valence-electron chi connectivity index (χ1n) is 12.5. The van der Waals surface area contributed by atoms with Crippen LogP contribution in [-0.4, -0.2) is 27.7 Å². The van der Waals surface area contributed by atoms with Gasteiger partial charge in [-0.1, -0.05) is 18.9 Å². The maximum atomic E-state index is 11.9. The molecular formula is C28H33N5O2S.